The highest BCUT2D eigenvalue weighted by atomic mass is 32.1. The summed E-state index contributed by atoms with van der Waals surface area (Å²) in [6.45, 7) is 10.5. The quantitative estimate of drug-likeness (QED) is 0.392. The number of aryl methyl sites for hydroxylation is 1. The Bertz CT molecular complexity index is 1190. The van der Waals surface area contributed by atoms with Crippen LogP contribution >= 0.6 is 11.3 Å². The molecule has 0 radical (unpaired) electrons. The van der Waals surface area contributed by atoms with Crippen LogP contribution in [0.3, 0.4) is 0 Å². The van der Waals surface area contributed by atoms with Crippen molar-refractivity contribution in [1.29, 1.82) is 0 Å². The van der Waals surface area contributed by atoms with Gasteiger partial charge in [0.05, 0.1) is 5.39 Å². The molecule has 2 aromatic heterocycles. The lowest BCUT2D eigenvalue weighted by molar-refractivity contribution is 0.649. The van der Waals surface area contributed by atoms with Crippen LogP contribution in [0, 0.1) is 6.92 Å². The van der Waals surface area contributed by atoms with Crippen molar-refractivity contribution in [2.24, 2.45) is 0 Å². The van der Waals surface area contributed by atoms with Gasteiger partial charge in [-0.25, -0.2) is 9.97 Å². The van der Waals surface area contributed by atoms with E-state index in [1.54, 1.807) is 17.7 Å². The highest BCUT2D eigenvalue weighted by molar-refractivity contribution is 7.17. The van der Waals surface area contributed by atoms with E-state index in [2.05, 4.69) is 89.5 Å². The number of hydrogen-bond donors (Lipinski definition) is 0. The maximum absolute atomic E-state index is 4.75. The van der Waals surface area contributed by atoms with E-state index in [4.69, 9.17) is 4.98 Å². The summed E-state index contributed by atoms with van der Waals surface area (Å²) < 4.78 is 0. The van der Waals surface area contributed by atoms with Crippen molar-refractivity contribution in [1.82, 2.24) is 9.97 Å². The van der Waals surface area contributed by atoms with Gasteiger partial charge in [0.2, 0.25) is 0 Å². The summed E-state index contributed by atoms with van der Waals surface area (Å²) in [5, 5.41) is 3.42. The highest BCUT2D eigenvalue weighted by Gasteiger charge is 2.22. The molecule has 5 rings (SSSR count). The number of benzene rings is 2. The van der Waals surface area contributed by atoms with Crippen molar-refractivity contribution >= 4 is 33.1 Å². The first-order valence-electron chi connectivity index (χ1n) is 11.0. The molecular weight excluding hydrogens is 400 g/mol. The number of nitrogens with zero attached hydrogens (tertiary/aromatic N) is 4. The van der Waals surface area contributed by atoms with Gasteiger partial charge in [-0.2, -0.15) is 0 Å². The van der Waals surface area contributed by atoms with E-state index >= 15 is 0 Å². The second-order valence-electron chi connectivity index (χ2n) is 8.62. The maximum atomic E-state index is 4.75. The molecule has 158 valence electrons. The van der Waals surface area contributed by atoms with Crippen molar-refractivity contribution in [3.05, 3.63) is 71.4 Å². The molecule has 1 aliphatic heterocycles. The van der Waals surface area contributed by atoms with Gasteiger partial charge < -0.3 is 9.80 Å². The van der Waals surface area contributed by atoms with Gasteiger partial charge in [-0.15, -0.1) is 11.3 Å². The predicted molar refractivity (Wildman–Crippen MR) is 133 cm³/mol. The van der Waals surface area contributed by atoms with Gasteiger partial charge in [-0.3, -0.25) is 0 Å². The number of anilines is 2. The van der Waals surface area contributed by atoms with Gasteiger partial charge in [-0.05, 0) is 41.7 Å². The van der Waals surface area contributed by atoms with Crippen molar-refractivity contribution in [3.63, 3.8) is 0 Å². The zero-order valence-corrected chi connectivity index (χ0v) is 19.2. The molecule has 0 unspecified atom stereocenters. The van der Waals surface area contributed by atoms with Gasteiger partial charge in [0.15, 0.2) is 0 Å². The van der Waals surface area contributed by atoms with Crippen molar-refractivity contribution < 1.29 is 0 Å². The Morgan fingerprint density at radius 3 is 2.35 bits per heavy atom. The van der Waals surface area contributed by atoms with E-state index in [9.17, 15) is 0 Å². The molecule has 4 aromatic rings. The van der Waals surface area contributed by atoms with E-state index < -0.39 is 0 Å². The average molecular weight is 429 g/mol. The first-order chi connectivity index (χ1) is 15.1. The van der Waals surface area contributed by atoms with E-state index in [1.165, 1.54) is 33.3 Å². The third kappa shape index (κ3) is 3.90. The number of rotatable bonds is 4. The van der Waals surface area contributed by atoms with Crippen LogP contribution in [0.15, 0.2) is 60.2 Å². The summed E-state index contributed by atoms with van der Waals surface area (Å²) in [5.41, 5.74) is 6.47. The Balaban J connectivity index is 1.44. The van der Waals surface area contributed by atoms with Crippen LogP contribution in [0.4, 0.5) is 11.5 Å². The summed E-state index contributed by atoms with van der Waals surface area (Å²) in [6, 6.07) is 17.8. The monoisotopic (exact) mass is 428 g/mol. The predicted octanol–water partition coefficient (Wildman–Crippen LogP) is 6.12. The van der Waals surface area contributed by atoms with Crippen LogP contribution in [0.25, 0.3) is 21.3 Å². The fourth-order valence-electron chi connectivity index (χ4n) is 4.36. The maximum Gasteiger partial charge on any atom is 0.141 e. The molecule has 0 atom stereocenters. The van der Waals surface area contributed by atoms with Crippen LogP contribution in [0.2, 0.25) is 0 Å². The van der Waals surface area contributed by atoms with E-state index in [-0.39, 0.29) is 0 Å². The van der Waals surface area contributed by atoms with Crippen LogP contribution in [0.5, 0.6) is 0 Å². The third-order valence-corrected chi connectivity index (χ3v) is 7.07. The molecular formula is C26H28N4S. The second kappa shape index (κ2) is 8.31. The molecule has 0 N–H and O–H groups in total. The van der Waals surface area contributed by atoms with Crippen LogP contribution in [-0.4, -0.2) is 36.1 Å². The minimum absolute atomic E-state index is 0.539. The Morgan fingerprint density at radius 2 is 1.65 bits per heavy atom. The Kier molecular flexibility index (Phi) is 5.36. The smallest absolute Gasteiger partial charge is 0.141 e. The summed E-state index contributed by atoms with van der Waals surface area (Å²) in [4.78, 5) is 15.3. The topological polar surface area (TPSA) is 32.3 Å². The molecule has 3 heterocycles. The molecule has 1 aliphatic rings. The highest BCUT2D eigenvalue weighted by Crippen LogP contribution is 2.38. The minimum Gasteiger partial charge on any atom is -0.368 e. The van der Waals surface area contributed by atoms with E-state index in [0.29, 0.717) is 5.92 Å². The Labute approximate surface area is 188 Å². The average Bonchev–Trinajstić information content (AvgIpc) is 3.24. The molecule has 2 aromatic carbocycles. The number of hydrogen-bond acceptors (Lipinski definition) is 5. The fourth-order valence-corrected chi connectivity index (χ4v) is 5.27. The Hall–Kier alpha value is -2.92. The molecule has 0 spiro atoms. The van der Waals surface area contributed by atoms with Crippen molar-refractivity contribution in [2.45, 2.75) is 26.7 Å². The summed E-state index contributed by atoms with van der Waals surface area (Å²) >= 11 is 1.71. The van der Waals surface area contributed by atoms with Crippen molar-refractivity contribution in [3.8, 4) is 11.1 Å². The molecule has 5 heteroatoms. The number of fused-ring (bicyclic) bond motifs is 1. The normalized spacial score (nSPS) is 14.6. The number of piperazine rings is 1. The van der Waals surface area contributed by atoms with E-state index in [0.717, 1.165) is 36.8 Å². The molecule has 0 saturated carbocycles. The molecule has 1 fully saturated rings. The van der Waals surface area contributed by atoms with Gasteiger partial charge >= 0.3 is 0 Å². The van der Waals surface area contributed by atoms with Gasteiger partial charge in [-0.1, -0.05) is 50.2 Å². The van der Waals surface area contributed by atoms with Crippen LogP contribution in [0.1, 0.15) is 30.9 Å². The van der Waals surface area contributed by atoms with Gasteiger partial charge in [0.25, 0.3) is 0 Å². The first kappa shape index (κ1) is 20.0. The zero-order chi connectivity index (χ0) is 21.4. The summed E-state index contributed by atoms with van der Waals surface area (Å²) in [5.74, 6) is 1.61. The van der Waals surface area contributed by atoms with Gasteiger partial charge in [0.1, 0.15) is 17.0 Å². The van der Waals surface area contributed by atoms with Crippen LogP contribution in [-0.2, 0) is 0 Å². The lowest BCUT2D eigenvalue weighted by Gasteiger charge is -2.37. The Morgan fingerprint density at radius 1 is 0.903 bits per heavy atom. The largest absolute Gasteiger partial charge is 0.368 e. The zero-order valence-electron chi connectivity index (χ0n) is 18.4. The van der Waals surface area contributed by atoms with E-state index in [1.807, 2.05) is 0 Å². The number of aromatic nitrogens is 2. The second-order valence-corrected chi connectivity index (χ2v) is 9.47. The van der Waals surface area contributed by atoms with Gasteiger partial charge in [0, 0.05) is 42.8 Å². The molecule has 31 heavy (non-hydrogen) atoms. The lowest BCUT2D eigenvalue weighted by atomic mass is 9.99. The SMILES string of the molecule is Cc1cccc(N2CCN(c3ncnc4scc(-c5ccc(C(C)C)cc5)c34)CC2)c1. The third-order valence-electron chi connectivity index (χ3n) is 6.18. The minimum atomic E-state index is 0.539. The molecule has 4 nitrogen and oxygen atoms in total. The van der Waals surface area contributed by atoms with Crippen molar-refractivity contribution in [2.75, 3.05) is 36.0 Å². The lowest BCUT2D eigenvalue weighted by Crippen LogP contribution is -2.46. The molecule has 1 saturated heterocycles. The summed E-state index contributed by atoms with van der Waals surface area (Å²) in [7, 11) is 0. The van der Waals surface area contributed by atoms with Crippen LogP contribution < -0.4 is 9.80 Å². The molecule has 0 amide bonds. The summed E-state index contributed by atoms with van der Waals surface area (Å²) in [6.07, 6.45) is 1.72. The fraction of sp³-hybridized carbons (Fsp3) is 0.308. The first-order valence-corrected chi connectivity index (χ1v) is 11.9. The number of thiophene rings is 1. The standard InChI is InChI=1S/C26H28N4S/c1-18(2)20-7-9-21(10-8-20)23-16-31-26-24(23)25(27-17-28-26)30-13-11-29(12-14-30)22-6-4-5-19(3)15-22/h4-10,15-18H,11-14H2,1-3H3. The molecule has 0 bridgehead atoms. The molecule has 0 aliphatic carbocycles.